The number of carboxylic acid groups (broad SMARTS) is 1. The van der Waals surface area contributed by atoms with Crippen molar-refractivity contribution in [3.63, 3.8) is 0 Å². The number of rotatable bonds is 11. The molecule has 0 heterocycles. The number of unbranched alkanes of at least 4 members (excludes halogenated alkanes) is 1. The third kappa shape index (κ3) is 9.52. The Kier molecular flexibility index (Phi) is 12.9. The minimum absolute atomic E-state index is 0. The van der Waals surface area contributed by atoms with Gasteiger partial charge in [0.1, 0.15) is 18.5 Å². The van der Waals surface area contributed by atoms with Crippen LogP contribution in [0, 0.1) is 11.8 Å². The fourth-order valence-corrected chi connectivity index (χ4v) is 3.68. The Labute approximate surface area is 204 Å². The Bertz CT molecular complexity index is 711. The number of carboxylic acids is 1. The number of aliphatic hydroxyl groups is 3. The molecular weight excluding hydrogens is 419 g/mol. The van der Waals surface area contributed by atoms with Gasteiger partial charge in [-0.3, -0.25) is 4.79 Å². The van der Waals surface area contributed by atoms with E-state index in [1.807, 2.05) is 12.2 Å². The molecule has 1 aromatic carbocycles. The van der Waals surface area contributed by atoms with Crippen LogP contribution in [0.2, 0.25) is 5.02 Å². The number of hydrogen-bond acceptors (Lipinski definition) is 5. The topological polar surface area (TPSA) is 107 Å². The molecule has 1 radical (unpaired) electrons. The largest absolute Gasteiger partial charge is 0.491 e. The van der Waals surface area contributed by atoms with Crippen LogP contribution in [0.25, 0.3) is 0 Å². The maximum Gasteiger partial charge on any atom is 0.303 e. The van der Waals surface area contributed by atoms with E-state index >= 15 is 0 Å². The SMILES string of the molecule is O=C(O)CCC/C=C\C[C@@H]1[C@@H](/C=C/C(O)COc2cccc(Cl)c2)[C@H](O)C[C@@H]1O.[Na]. The van der Waals surface area contributed by atoms with Gasteiger partial charge < -0.3 is 25.2 Å². The van der Waals surface area contributed by atoms with Gasteiger partial charge in [0, 0.05) is 53.3 Å². The van der Waals surface area contributed by atoms with Crippen molar-refractivity contribution in [1.29, 1.82) is 0 Å². The van der Waals surface area contributed by atoms with Crippen LogP contribution in [-0.4, -0.2) is 80.9 Å². The monoisotopic (exact) mass is 447 g/mol. The van der Waals surface area contributed by atoms with Crippen molar-refractivity contribution in [2.75, 3.05) is 6.61 Å². The molecule has 1 aliphatic rings. The maximum absolute atomic E-state index is 10.5. The molecule has 0 amide bonds. The molecule has 1 unspecified atom stereocenters. The summed E-state index contributed by atoms with van der Waals surface area (Å²) in [5.41, 5.74) is 0. The molecule has 1 fully saturated rings. The molecule has 1 aromatic rings. The number of halogens is 1. The summed E-state index contributed by atoms with van der Waals surface area (Å²) in [6.45, 7) is 0.0519. The van der Waals surface area contributed by atoms with Crippen molar-refractivity contribution in [2.24, 2.45) is 11.8 Å². The fourth-order valence-electron chi connectivity index (χ4n) is 3.50. The van der Waals surface area contributed by atoms with E-state index in [4.69, 9.17) is 21.4 Å². The smallest absolute Gasteiger partial charge is 0.303 e. The number of carbonyl (C=O) groups is 1. The molecule has 4 N–H and O–H groups in total. The van der Waals surface area contributed by atoms with Crippen molar-refractivity contribution >= 4 is 47.1 Å². The van der Waals surface area contributed by atoms with Gasteiger partial charge in [0.15, 0.2) is 0 Å². The van der Waals surface area contributed by atoms with Crippen LogP contribution < -0.4 is 4.74 Å². The summed E-state index contributed by atoms with van der Waals surface area (Å²) < 4.78 is 5.51. The van der Waals surface area contributed by atoms with Gasteiger partial charge in [-0.2, -0.15) is 0 Å². The van der Waals surface area contributed by atoms with Gasteiger partial charge >= 0.3 is 5.97 Å². The predicted molar refractivity (Wildman–Crippen MR) is 117 cm³/mol. The first-order valence-corrected chi connectivity index (χ1v) is 10.2. The van der Waals surface area contributed by atoms with Gasteiger partial charge in [0.05, 0.1) is 12.2 Å². The third-order valence-corrected chi connectivity index (χ3v) is 5.26. The number of hydrogen-bond donors (Lipinski definition) is 4. The van der Waals surface area contributed by atoms with Gasteiger partial charge in [0.25, 0.3) is 0 Å². The molecule has 1 aliphatic carbocycles. The van der Waals surface area contributed by atoms with Crippen LogP contribution in [0.1, 0.15) is 32.1 Å². The summed E-state index contributed by atoms with van der Waals surface area (Å²) in [5.74, 6) is -0.671. The van der Waals surface area contributed by atoms with Crippen LogP contribution in [0.15, 0.2) is 48.6 Å². The fraction of sp³-hybridized carbons (Fsp3) is 0.500. The Hall–Kier alpha value is -0.860. The van der Waals surface area contributed by atoms with E-state index in [0.29, 0.717) is 36.5 Å². The van der Waals surface area contributed by atoms with Gasteiger partial charge in [-0.15, -0.1) is 0 Å². The summed E-state index contributed by atoms with van der Waals surface area (Å²) >= 11 is 5.90. The third-order valence-electron chi connectivity index (χ3n) is 5.02. The number of allylic oxidation sites excluding steroid dienone is 2. The second-order valence-electron chi connectivity index (χ2n) is 7.33. The average Bonchev–Trinajstić information content (AvgIpc) is 2.93. The molecule has 1 saturated carbocycles. The first-order valence-electron chi connectivity index (χ1n) is 9.84. The second-order valence-corrected chi connectivity index (χ2v) is 7.76. The number of ether oxygens (including phenoxy) is 1. The molecule has 0 aromatic heterocycles. The molecule has 8 heteroatoms. The first-order chi connectivity index (χ1) is 13.9. The molecule has 0 bridgehead atoms. The van der Waals surface area contributed by atoms with E-state index in [1.54, 1.807) is 36.4 Å². The van der Waals surface area contributed by atoms with Crippen molar-refractivity contribution < 1.29 is 30.0 Å². The summed E-state index contributed by atoms with van der Waals surface area (Å²) in [6, 6.07) is 6.90. The summed E-state index contributed by atoms with van der Waals surface area (Å²) in [5, 5.41) is 39.8. The minimum atomic E-state index is -0.855. The predicted octanol–water partition coefficient (Wildman–Crippen LogP) is 2.81. The Morgan fingerprint density at radius 1 is 1.27 bits per heavy atom. The zero-order valence-corrected chi connectivity index (χ0v) is 20.0. The summed E-state index contributed by atoms with van der Waals surface area (Å²) in [4.78, 5) is 10.5. The van der Waals surface area contributed by atoms with E-state index in [1.165, 1.54) is 0 Å². The van der Waals surface area contributed by atoms with Crippen LogP contribution in [0.3, 0.4) is 0 Å². The minimum Gasteiger partial charge on any atom is -0.491 e. The zero-order valence-electron chi connectivity index (χ0n) is 17.2. The molecular formula is C22H29ClNaO6. The van der Waals surface area contributed by atoms with Gasteiger partial charge in [0.2, 0.25) is 0 Å². The molecule has 5 atom stereocenters. The van der Waals surface area contributed by atoms with E-state index in [2.05, 4.69) is 0 Å². The standard InChI is InChI=1S/C22H29ClO6.Na/c23-15-6-5-7-17(12-15)29-14-16(24)10-11-19-18(20(25)13-21(19)26)8-3-1-2-4-9-22(27)28;/h1,3,5-7,10-12,16,18-21,24-26H,2,4,8-9,13-14H2,(H,27,28);/b3-1-,11-10+;/t16?,18-,19-,20+,21-;/m1./s1. The van der Waals surface area contributed by atoms with Crippen molar-refractivity contribution in [1.82, 2.24) is 0 Å². The zero-order chi connectivity index (χ0) is 21.2. The van der Waals surface area contributed by atoms with Crippen LogP contribution in [-0.2, 0) is 4.79 Å². The van der Waals surface area contributed by atoms with Crippen molar-refractivity contribution in [3.05, 3.63) is 53.6 Å². The van der Waals surface area contributed by atoms with Crippen molar-refractivity contribution in [3.8, 4) is 5.75 Å². The first kappa shape index (κ1) is 27.2. The molecule has 6 nitrogen and oxygen atoms in total. The van der Waals surface area contributed by atoms with Crippen molar-refractivity contribution in [2.45, 2.75) is 50.4 Å². The summed E-state index contributed by atoms with van der Waals surface area (Å²) in [7, 11) is 0. The molecule has 0 spiro atoms. The maximum atomic E-state index is 10.5. The molecule has 161 valence electrons. The normalized spacial score (nSPS) is 24.8. The second kappa shape index (κ2) is 14.2. The van der Waals surface area contributed by atoms with E-state index < -0.39 is 24.3 Å². The number of aliphatic carboxylic acids is 1. The Morgan fingerprint density at radius 2 is 2.03 bits per heavy atom. The van der Waals surface area contributed by atoms with Crippen LogP contribution in [0.5, 0.6) is 5.75 Å². The van der Waals surface area contributed by atoms with Crippen LogP contribution in [0.4, 0.5) is 0 Å². The number of aliphatic hydroxyl groups excluding tert-OH is 3. The van der Waals surface area contributed by atoms with E-state index in [9.17, 15) is 20.1 Å². The van der Waals surface area contributed by atoms with Gasteiger partial charge in [-0.25, -0.2) is 0 Å². The molecule has 0 aliphatic heterocycles. The average molecular weight is 448 g/mol. The quantitative estimate of drug-likeness (QED) is 0.236. The number of benzene rings is 1. The molecule has 2 rings (SSSR count). The summed E-state index contributed by atoms with van der Waals surface area (Å²) in [6.07, 6.45) is 7.26. The molecule has 30 heavy (non-hydrogen) atoms. The molecule has 0 saturated heterocycles. The van der Waals surface area contributed by atoms with Gasteiger partial charge in [-0.05, 0) is 43.4 Å². The van der Waals surface area contributed by atoms with E-state index in [-0.39, 0.29) is 54.4 Å². The Morgan fingerprint density at radius 3 is 2.73 bits per heavy atom. The van der Waals surface area contributed by atoms with E-state index in [0.717, 1.165) is 0 Å². The van der Waals surface area contributed by atoms with Crippen LogP contribution >= 0.6 is 11.6 Å². The van der Waals surface area contributed by atoms with Gasteiger partial charge in [-0.1, -0.05) is 42.0 Å². The Balaban J connectivity index is 0.00000450.